The van der Waals surface area contributed by atoms with Crippen molar-refractivity contribution in [2.45, 2.75) is 0 Å². The highest BCUT2D eigenvalue weighted by Gasteiger charge is 2.00. The molecule has 0 unspecified atom stereocenters. The minimum Gasteiger partial charge on any atom is -0.396 e. The van der Waals surface area contributed by atoms with Crippen LogP contribution in [0.5, 0.6) is 0 Å². The first kappa shape index (κ1) is 6.22. The Labute approximate surface area is 62.8 Å². The molecule has 0 saturated heterocycles. The van der Waals surface area contributed by atoms with Crippen molar-refractivity contribution < 1.29 is 4.39 Å². The van der Waals surface area contributed by atoms with Crippen molar-refractivity contribution in [1.82, 2.24) is 4.98 Å². The Balaban J connectivity index is 2.86. The van der Waals surface area contributed by atoms with Gasteiger partial charge >= 0.3 is 0 Å². The van der Waals surface area contributed by atoms with Gasteiger partial charge in [0.1, 0.15) is 5.82 Å². The van der Waals surface area contributed by atoms with Crippen LogP contribution in [0.1, 0.15) is 0 Å². The fraction of sp³-hybridized carbons (Fsp3) is 0. The van der Waals surface area contributed by atoms with Crippen molar-refractivity contribution in [3.63, 3.8) is 0 Å². The van der Waals surface area contributed by atoms with E-state index in [9.17, 15) is 4.39 Å². The van der Waals surface area contributed by atoms with Gasteiger partial charge in [0.05, 0.1) is 5.69 Å². The first-order chi connectivity index (χ1) is 5.27. The number of benzene rings is 1. The summed E-state index contributed by atoms with van der Waals surface area (Å²) in [6, 6.07) is 3.03. The van der Waals surface area contributed by atoms with Crippen LogP contribution in [0.25, 0.3) is 10.8 Å². The molecule has 2 aromatic rings. The Bertz CT molecular complexity index is 356. The van der Waals surface area contributed by atoms with E-state index >= 15 is 0 Å². The summed E-state index contributed by atoms with van der Waals surface area (Å²) in [6.07, 6.45) is 3.52. The molecule has 3 heteroatoms. The number of nitrogens with one attached hydrogen (secondary N) is 1. The fourth-order valence-electron chi connectivity index (χ4n) is 1.09. The SMILES string of the molecule is Nc1cc2c[nH]cc2cc1F. The highest BCUT2D eigenvalue weighted by molar-refractivity contribution is 5.85. The second-order valence-electron chi connectivity index (χ2n) is 2.46. The zero-order chi connectivity index (χ0) is 7.84. The Morgan fingerprint density at radius 3 is 2.55 bits per heavy atom. The Morgan fingerprint density at radius 2 is 1.82 bits per heavy atom. The van der Waals surface area contributed by atoms with Gasteiger partial charge in [0.2, 0.25) is 0 Å². The molecule has 2 rings (SSSR count). The second kappa shape index (κ2) is 1.99. The molecule has 0 saturated carbocycles. The molecular weight excluding hydrogens is 143 g/mol. The number of nitrogen functional groups attached to an aromatic ring is 1. The minimum atomic E-state index is -0.364. The zero-order valence-electron chi connectivity index (χ0n) is 5.76. The van der Waals surface area contributed by atoms with E-state index in [0.717, 1.165) is 10.8 Å². The lowest BCUT2D eigenvalue weighted by atomic mass is 10.2. The molecule has 2 nitrogen and oxygen atoms in total. The van der Waals surface area contributed by atoms with E-state index in [1.54, 1.807) is 18.5 Å². The summed E-state index contributed by atoms with van der Waals surface area (Å²) in [5.74, 6) is -0.364. The lowest BCUT2D eigenvalue weighted by Crippen LogP contribution is -1.88. The number of rotatable bonds is 0. The maximum Gasteiger partial charge on any atom is 0.146 e. The maximum atomic E-state index is 12.8. The summed E-state index contributed by atoms with van der Waals surface area (Å²) in [5, 5.41) is 1.78. The predicted octanol–water partition coefficient (Wildman–Crippen LogP) is 1.89. The molecular formula is C8H7FN2. The number of nitrogens with two attached hydrogens (primary N) is 1. The average molecular weight is 150 g/mol. The Morgan fingerprint density at radius 1 is 1.18 bits per heavy atom. The lowest BCUT2D eigenvalue weighted by molar-refractivity contribution is 0.634. The van der Waals surface area contributed by atoms with E-state index in [-0.39, 0.29) is 11.5 Å². The molecule has 0 spiro atoms. The third-order valence-corrected chi connectivity index (χ3v) is 1.68. The Kier molecular flexibility index (Phi) is 1.12. The topological polar surface area (TPSA) is 41.8 Å². The highest BCUT2D eigenvalue weighted by atomic mass is 19.1. The summed E-state index contributed by atoms with van der Waals surface area (Å²) < 4.78 is 12.8. The van der Waals surface area contributed by atoms with Gasteiger partial charge in [-0.25, -0.2) is 4.39 Å². The van der Waals surface area contributed by atoms with Crippen molar-refractivity contribution in [3.8, 4) is 0 Å². The van der Waals surface area contributed by atoms with Crippen LogP contribution in [0, 0.1) is 5.82 Å². The summed E-state index contributed by atoms with van der Waals surface area (Å²) in [4.78, 5) is 2.87. The largest absolute Gasteiger partial charge is 0.396 e. The van der Waals surface area contributed by atoms with Gasteiger partial charge in [-0.2, -0.15) is 0 Å². The molecule has 3 N–H and O–H groups in total. The Hall–Kier alpha value is -1.51. The second-order valence-corrected chi connectivity index (χ2v) is 2.46. The van der Waals surface area contributed by atoms with Gasteiger partial charge in [-0.15, -0.1) is 0 Å². The molecule has 1 aromatic carbocycles. The predicted molar refractivity (Wildman–Crippen MR) is 42.7 cm³/mol. The third kappa shape index (κ3) is 0.852. The number of fused-ring (bicyclic) bond motifs is 1. The van der Waals surface area contributed by atoms with Crippen LogP contribution in [-0.4, -0.2) is 4.98 Å². The number of H-pyrrole nitrogens is 1. The minimum absolute atomic E-state index is 0.192. The zero-order valence-corrected chi connectivity index (χ0v) is 5.76. The van der Waals surface area contributed by atoms with Gasteiger partial charge in [0.25, 0.3) is 0 Å². The van der Waals surface area contributed by atoms with Crippen LogP contribution in [0.2, 0.25) is 0 Å². The van der Waals surface area contributed by atoms with Gasteiger partial charge < -0.3 is 10.7 Å². The van der Waals surface area contributed by atoms with Crippen molar-refractivity contribution in [2.75, 3.05) is 5.73 Å². The molecule has 0 amide bonds. The molecule has 56 valence electrons. The van der Waals surface area contributed by atoms with Gasteiger partial charge in [-0.05, 0) is 12.1 Å². The van der Waals surface area contributed by atoms with Crippen LogP contribution in [0.3, 0.4) is 0 Å². The molecule has 1 heterocycles. The summed E-state index contributed by atoms with van der Waals surface area (Å²) in [6.45, 7) is 0. The van der Waals surface area contributed by atoms with E-state index in [1.165, 1.54) is 6.07 Å². The molecule has 11 heavy (non-hydrogen) atoms. The molecule has 0 atom stereocenters. The van der Waals surface area contributed by atoms with Gasteiger partial charge in [-0.3, -0.25) is 0 Å². The van der Waals surface area contributed by atoms with Crippen molar-refractivity contribution in [1.29, 1.82) is 0 Å². The van der Waals surface area contributed by atoms with Crippen LogP contribution < -0.4 is 5.73 Å². The highest BCUT2D eigenvalue weighted by Crippen LogP contribution is 2.19. The standard InChI is InChI=1S/C8H7FN2/c9-7-1-5-3-11-4-6(5)2-8(7)10/h1-4,11H,10H2. The quantitative estimate of drug-likeness (QED) is 0.553. The van der Waals surface area contributed by atoms with Crippen LogP contribution in [0.4, 0.5) is 10.1 Å². The van der Waals surface area contributed by atoms with Crippen LogP contribution in [0.15, 0.2) is 24.5 Å². The third-order valence-electron chi connectivity index (χ3n) is 1.68. The number of hydrogen-bond acceptors (Lipinski definition) is 1. The fourth-order valence-corrected chi connectivity index (χ4v) is 1.09. The van der Waals surface area contributed by atoms with Crippen LogP contribution >= 0.6 is 0 Å². The lowest BCUT2D eigenvalue weighted by Gasteiger charge is -1.94. The monoisotopic (exact) mass is 150 g/mol. The van der Waals surface area contributed by atoms with Crippen LogP contribution in [-0.2, 0) is 0 Å². The number of hydrogen-bond donors (Lipinski definition) is 2. The van der Waals surface area contributed by atoms with E-state index in [1.807, 2.05) is 0 Å². The van der Waals surface area contributed by atoms with E-state index in [4.69, 9.17) is 5.73 Å². The molecule has 0 radical (unpaired) electrons. The van der Waals surface area contributed by atoms with Crippen molar-refractivity contribution in [3.05, 3.63) is 30.3 Å². The normalized spacial score (nSPS) is 10.6. The van der Waals surface area contributed by atoms with E-state index < -0.39 is 0 Å². The molecule has 0 fully saturated rings. The van der Waals surface area contributed by atoms with Crippen molar-refractivity contribution >= 4 is 16.5 Å². The summed E-state index contributed by atoms with van der Waals surface area (Å²) in [7, 11) is 0. The molecule has 0 aliphatic heterocycles. The number of aromatic nitrogens is 1. The smallest absolute Gasteiger partial charge is 0.146 e. The van der Waals surface area contributed by atoms with Gasteiger partial charge in [0.15, 0.2) is 0 Å². The summed E-state index contributed by atoms with van der Waals surface area (Å²) in [5.41, 5.74) is 5.55. The molecule has 0 aliphatic rings. The maximum absolute atomic E-state index is 12.8. The first-order valence-electron chi connectivity index (χ1n) is 3.29. The van der Waals surface area contributed by atoms with Gasteiger partial charge in [-0.1, -0.05) is 0 Å². The molecule has 0 bridgehead atoms. The molecule has 1 aromatic heterocycles. The number of anilines is 1. The average Bonchev–Trinajstić information content (AvgIpc) is 2.36. The first-order valence-corrected chi connectivity index (χ1v) is 3.29. The summed E-state index contributed by atoms with van der Waals surface area (Å²) >= 11 is 0. The van der Waals surface area contributed by atoms with Crippen molar-refractivity contribution in [2.24, 2.45) is 0 Å². The number of aromatic amines is 1. The van der Waals surface area contributed by atoms with E-state index in [0.29, 0.717) is 0 Å². The van der Waals surface area contributed by atoms with Gasteiger partial charge in [0, 0.05) is 23.2 Å². The molecule has 0 aliphatic carbocycles. The number of halogens is 1. The van der Waals surface area contributed by atoms with E-state index in [2.05, 4.69) is 4.98 Å².